The Labute approximate surface area is 83.9 Å². The molecule has 78 valence electrons. The van der Waals surface area contributed by atoms with Crippen LogP contribution in [0.5, 0.6) is 0 Å². The van der Waals surface area contributed by atoms with Gasteiger partial charge in [0.1, 0.15) is 11.7 Å². The topological polar surface area (TPSA) is 44.1 Å². The van der Waals surface area contributed by atoms with Crippen molar-refractivity contribution in [1.82, 2.24) is 9.55 Å². The molecule has 0 aliphatic heterocycles. The summed E-state index contributed by atoms with van der Waals surface area (Å²) in [5, 5.41) is 0. The van der Waals surface area contributed by atoms with Crippen LogP contribution in [0.3, 0.4) is 0 Å². The smallest absolute Gasteiger partial charge is 0.316 e. The minimum absolute atomic E-state index is 0.190. The van der Waals surface area contributed by atoms with Crippen molar-refractivity contribution in [2.24, 2.45) is 7.05 Å². The third-order valence-corrected chi connectivity index (χ3v) is 2.15. The molecule has 1 heterocycles. The van der Waals surface area contributed by atoms with Crippen molar-refractivity contribution in [3.05, 3.63) is 18.2 Å². The zero-order valence-electron chi connectivity index (χ0n) is 8.86. The van der Waals surface area contributed by atoms with Crippen molar-refractivity contribution in [2.75, 3.05) is 6.61 Å². The summed E-state index contributed by atoms with van der Waals surface area (Å²) in [6.07, 6.45) is 4.23. The van der Waals surface area contributed by atoms with Crippen molar-refractivity contribution < 1.29 is 9.53 Å². The molecule has 4 heteroatoms. The Balaban J connectivity index is 2.82. The number of hydrogen-bond donors (Lipinski definition) is 0. The van der Waals surface area contributed by atoms with E-state index in [1.165, 1.54) is 0 Å². The maximum Gasteiger partial charge on any atom is 0.316 e. The fourth-order valence-corrected chi connectivity index (χ4v) is 1.41. The Morgan fingerprint density at radius 1 is 1.64 bits per heavy atom. The number of carbonyl (C=O) groups is 1. The highest BCUT2D eigenvalue weighted by atomic mass is 16.5. The number of aryl methyl sites for hydroxylation is 1. The van der Waals surface area contributed by atoms with E-state index in [0.717, 1.165) is 5.82 Å². The van der Waals surface area contributed by atoms with E-state index >= 15 is 0 Å². The van der Waals surface area contributed by atoms with Gasteiger partial charge < -0.3 is 9.30 Å². The van der Waals surface area contributed by atoms with Crippen molar-refractivity contribution in [3.63, 3.8) is 0 Å². The van der Waals surface area contributed by atoms with Gasteiger partial charge in [-0.1, -0.05) is 6.92 Å². The molecule has 0 radical (unpaired) electrons. The molecular formula is C10H16N2O2. The molecule has 1 aromatic heterocycles. The summed E-state index contributed by atoms with van der Waals surface area (Å²) in [5.74, 6) is 0.338. The summed E-state index contributed by atoms with van der Waals surface area (Å²) in [6, 6.07) is 0. The molecule has 14 heavy (non-hydrogen) atoms. The molecule has 1 aromatic rings. The third-order valence-electron chi connectivity index (χ3n) is 2.15. The number of carbonyl (C=O) groups excluding carboxylic acids is 1. The lowest BCUT2D eigenvalue weighted by Gasteiger charge is -2.12. The van der Waals surface area contributed by atoms with E-state index in [1.54, 1.807) is 6.20 Å². The molecule has 4 nitrogen and oxygen atoms in total. The molecule has 0 amide bonds. The van der Waals surface area contributed by atoms with Crippen molar-refractivity contribution in [2.45, 2.75) is 26.2 Å². The summed E-state index contributed by atoms with van der Waals surface area (Å²) >= 11 is 0. The van der Waals surface area contributed by atoms with Crippen LogP contribution >= 0.6 is 0 Å². The summed E-state index contributed by atoms with van der Waals surface area (Å²) in [7, 11) is 1.88. The normalized spacial score (nSPS) is 12.5. The average Bonchev–Trinajstić information content (AvgIpc) is 2.54. The largest absolute Gasteiger partial charge is 0.465 e. The van der Waals surface area contributed by atoms with Crippen LogP contribution in [0.4, 0.5) is 0 Å². The fraction of sp³-hybridized carbons (Fsp3) is 0.600. The molecule has 0 N–H and O–H groups in total. The van der Waals surface area contributed by atoms with Crippen LogP contribution in [0.2, 0.25) is 0 Å². The highest BCUT2D eigenvalue weighted by Crippen LogP contribution is 2.18. The van der Waals surface area contributed by atoms with Crippen molar-refractivity contribution in [1.29, 1.82) is 0 Å². The van der Waals surface area contributed by atoms with Crippen molar-refractivity contribution >= 4 is 5.97 Å². The van der Waals surface area contributed by atoms with E-state index < -0.39 is 0 Å². The number of aromatic nitrogens is 2. The van der Waals surface area contributed by atoms with Crippen LogP contribution in [0.25, 0.3) is 0 Å². The van der Waals surface area contributed by atoms with Gasteiger partial charge in [0.15, 0.2) is 0 Å². The van der Waals surface area contributed by atoms with Crippen LogP contribution < -0.4 is 0 Å². The summed E-state index contributed by atoms with van der Waals surface area (Å²) < 4.78 is 6.83. The number of rotatable bonds is 4. The van der Waals surface area contributed by atoms with Gasteiger partial charge >= 0.3 is 5.97 Å². The molecule has 0 saturated carbocycles. The first kappa shape index (κ1) is 10.8. The van der Waals surface area contributed by atoms with E-state index in [1.807, 2.05) is 31.7 Å². The number of hydrogen-bond acceptors (Lipinski definition) is 3. The second-order valence-electron chi connectivity index (χ2n) is 3.11. The SMILES string of the molecule is CCOC(=O)C(CC)c1nccn1C. The fourth-order valence-electron chi connectivity index (χ4n) is 1.41. The number of nitrogens with zero attached hydrogens (tertiary/aromatic N) is 2. The molecule has 1 rings (SSSR count). The van der Waals surface area contributed by atoms with Crippen LogP contribution in [0.1, 0.15) is 32.0 Å². The molecule has 1 unspecified atom stereocenters. The zero-order chi connectivity index (χ0) is 10.6. The van der Waals surface area contributed by atoms with Gasteiger partial charge in [0.25, 0.3) is 0 Å². The minimum Gasteiger partial charge on any atom is -0.465 e. The quantitative estimate of drug-likeness (QED) is 0.685. The maximum absolute atomic E-state index is 11.5. The first-order chi connectivity index (χ1) is 6.70. The zero-order valence-corrected chi connectivity index (χ0v) is 8.86. The Morgan fingerprint density at radius 3 is 2.79 bits per heavy atom. The minimum atomic E-state index is -0.241. The lowest BCUT2D eigenvalue weighted by molar-refractivity contribution is -0.145. The summed E-state index contributed by atoms with van der Waals surface area (Å²) in [5.41, 5.74) is 0. The third kappa shape index (κ3) is 2.13. The van der Waals surface area contributed by atoms with Gasteiger partial charge in [-0.25, -0.2) is 4.98 Å². The molecule has 0 aliphatic carbocycles. The molecule has 0 aromatic carbocycles. The van der Waals surface area contributed by atoms with E-state index in [2.05, 4.69) is 4.98 Å². The predicted octanol–water partition coefficient (Wildman–Crippen LogP) is 1.48. The van der Waals surface area contributed by atoms with Gasteiger partial charge in [-0.3, -0.25) is 4.79 Å². The first-order valence-electron chi connectivity index (χ1n) is 4.84. The van der Waals surface area contributed by atoms with E-state index in [9.17, 15) is 4.79 Å². The Morgan fingerprint density at radius 2 is 2.36 bits per heavy atom. The van der Waals surface area contributed by atoms with Gasteiger partial charge in [-0.2, -0.15) is 0 Å². The van der Waals surface area contributed by atoms with Crippen LogP contribution in [-0.2, 0) is 16.6 Å². The first-order valence-corrected chi connectivity index (χ1v) is 4.84. The van der Waals surface area contributed by atoms with Gasteiger partial charge in [0, 0.05) is 19.4 Å². The molecule has 0 spiro atoms. The number of ether oxygens (including phenoxy) is 1. The lowest BCUT2D eigenvalue weighted by atomic mass is 10.1. The molecule has 1 atom stereocenters. The van der Waals surface area contributed by atoms with Crippen LogP contribution in [0, 0.1) is 0 Å². The maximum atomic E-state index is 11.5. The highest BCUT2D eigenvalue weighted by molar-refractivity contribution is 5.77. The summed E-state index contributed by atoms with van der Waals surface area (Å²) in [6.45, 7) is 4.18. The predicted molar refractivity (Wildman–Crippen MR) is 52.9 cm³/mol. The van der Waals surface area contributed by atoms with E-state index in [-0.39, 0.29) is 11.9 Å². The molecule has 0 aliphatic rings. The molecule has 0 bridgehead atoms. The van der Waals surface area contributed by atoms with Gasteiger partial charge in [0.05, 0.1) is 6.61 Å². The Bertz CT molecular complexity index is 307. The second kappa shape index (κ2) is 4.79. The van der Waals surface area contributed by atoms with Gasteiger partial charge in [-0.05, 0) is 13.3 Å². The van der Waals surface area contributed by atoms with Crippen molar-refractivity contribution in [3.8, 4) is 0 Å². The average molecular weight is 196 g/mol. The van der Waals surface area contributed by atoms with Crippen LogP contribution in [0.15, 0.2) is 12.4 Å². The lowest BCUT2D eigenvalue weighted by Crippen LogP contribution is -2.18. The number of imidazole rings is 1. The standard InChI is InChI=1S/C10H16N2O2/c1-4-8(10(13)14-5-2)9-11-6-7-12(9)3/h6-8H,4-5H2,1-3H3. The van der Waals surface area contributed by atoms with Crippen LogP contribution in [-0.4, -0.2) is 22.1 Å². The van der Waals surface area contributed by atoms with Gasteiger partial charge in [-0.15, -0.1) is 0 Å². The molecule has 0 saturated heterocycles. The summed E-state index contributed by atoms with van der Waals surface area (Å²) in [4.78, 5) is 15.7. The second-order valence-corrected chi connectivity index (χ2v) is 3.11. The van der Waals surface area contributed by atoms with E-state index in [4.69, 9.17) is 4.74 Å². The number of esters is 1. The molecule has 0 fully saturated rings. The Hall–Kier alpha value is -1.32. The highest BCUT2D eigenvalue weighted by Gasteiger charge is 2.23. The monoisotopic (exact) mass is 196 g/mol. The van der Waals surface area contributed by atoms with Gasteiger partial charge in [0.2, 0.25) is 0 Å². The molecular weight excluding hydrogens is 180 g/mol. The Kier molecular flexibility index (Phi) is 3.68. The van der Waals surface area contributed by atoms with E-state index in [0.29, 0.717) is 13.0 Å².